The van der Waals surface area contributed by atoms with Gasteiger partial charge in [0.1, 0.15) is 10.7 Å². The number of rotatable bonds is 5. The van der Waals surface area contributed by atoms with Gasteiger partial charge in [-0.1, -0.05) is 23.5 Å². The monoisotopic (exact) mass is 437 g/mol. The molecule has 31 heavy (non-hydrogen) atoms. The molecule has 0 spiro atoms. The van der Waals surface area contributed by atoms with Crippen molar-refractivity contribution >= 4 is 33.7 Å². The Morgan fingerprint density at radius 2 is 1.65 bits per heavy atom. The first kappa shape index (κ1) is 20.0. The molecule has 0 unspecified atom stereocenters. The highest BCUT2D eigenvalue weighted by Crippen LogP contribution is 2.44. The number of benzene rings is 2. The van der Waals surface area contributed by atoms with E-state index in [1.54, 1.807) is 0 Å². The summed E-state index contributed by atoms with van der Waals surface area (Å²) in [5.41, 5.74) is 8.37. The molecule has 5 rings (SSSR count). The molecule has 3 aromatic rings. The van der Waals surface area contributed by atoms with Gasteiger partial charge in [-0.15, -0.1) is 0 Å². The fourth-order valence-corrected chi connectivity index (χ4v) is 4.81. The standard InChI is InChI=1S/C23H27N5O2S/c1-15(2)27-11-13-28(14-12-27)17-9-7-16(8-10-17)25-23-26-21(24)20(31-23)22-29-18-5-3-4-6-19(18)30-22/h3-10,15,22H,11-14,24H2,1-2H3,(H,25,26). The molecule has 2 aromatic carbocycles. The van der Waals surface area contributed by atoms with E-state index < -0.39 is 6.29 Å². The zero-order valence-electron chi connectivity index (χ0n) is 17.7. The molecule has 1 aromatic heterocycles. The molecule has 0 radical (unpaired) electrons. The third kappa shape index (κ3) is 4.13. The number of para-hydroxylation sites is 2. The van der Waals surface area contributed by atoms with Crippen LogP contribution in [0.25, 0.3) is 0 Å². The van der Waals surface area contributed by atoms with Crippen LogP contribution in [0.2, 0.25) is 0 Å². The number of nitrogen functional groups attached to an aromatic ring is 1. The summed E-state index contributed by atoms with van der Waals surface area (Å²) in [5.74, 6) is 1.87. The molecule has 0 atom stereocenters. The molecule has 1 saturated heterocycles. The predicted molar refractivity (Wildman–Crippen MR) is 126 cm³/mol. The molecule has 0 aliphatic carbocycles. The van der Waals surface area contributed by atoms with Gasteiger partial charge in [0.05, 0.1) is 0 Å². The number of hydrogen-bond donors (Lipinski definition) is 2. The van der Waals surface area contributed by atoms with Crippen LogP contribution >= 0.6 is 11.3 Å². The molecule has 2 aliphatic rings. The van der Waals surface area contributed by atoms with Gasteiger partial charge in [-0.2, -0.15) is 0 Å². The van der Waals surface area contributed by atoms with Crippen molar-refractivity contribution in [1.29, 1.82) is 0 Å². The maximum Gasteiger partial charge on any atom is 0.280 e. The Hall–Kier alpha value is -2.97. The summed E-state index contributed by atoms with van der Waals surface area (Å²) in [6.45, 7) is 8.84. The number of fused-ring (bicyclic) bond motifs is 1. The number of anilines is 4. The molecule has 8 heteroatoms. The third-order valence-corrected chi connectivity index (χ3v) is 6.75. The van der Waals surface area contributed by atoms with E-state index in [1.807, 2.05) is 24.3 Å². The third-order valence-electron chi connectivity index (χ3n) is 5.74. The minimum absolute atomic E-state index is 0.421. The lowest BCUT2D eigenvalue weighted by molar-refractivity contribution is 0.0525. The van der Waals surface area contributed by atoms with E-state index in [0.717, 1.165) is 48.2 Å². The Labute approximate surface area is 186 Å². The van der Waals surface area contributed by atoms with E-state index in [1.165, 1.54) is 17.0 Å². The molecular weight excluding hydrogens is 410 g/mol. The number of nitrogens with one attached hydrogen (secondary N) is 1. The van der Waals surface area contributed by atoms with Crippen molar-refractivity contribution in [3.63, 3.8) is 0 Å². The Bertz CT molecular complexity index is 1020. The van der Waals surface area contributed by atoms with E-state index in [0.29, 0.717) is 17.0 Å². The second-order valence-electron chi connectivity index (χ2n) is 8.07. The minimum atomic E-state index is -0.558. The van der Waals surface area contributed by atoms with Crippen molar-refractivity contribution in [3.05, 3.63) is 53.4 Å². The van der Waals surface area contributed by atoms with Crippen molar-refractivity contribution in [1.82, 2.24) is 9.88 Å². The molecule has 162 valence electrons. The van der Waals surface area contributed by atoms with Gasteiger partial charge >= 0.3 is 0 Å². The molecule has 3 heterocycles. The minimum Gasteiger partial charge on any atom is -0.446 e. The number of aromatic nitrogens is 1. The predicted octanol–water partition coefficient (Wildman–Crippen LogP) is 4.47. The van der Waals surface area contributed by atoms with Crippen LogP contribution in [-0.2, 0) is 0 Å². The Kier molecular flexibility index (Phi) is 5.33. The van der Waals surface area contributed by atoms with Gasteiger partial charge in [-0.25, -0.2) is 4.98 Å². The maximum atomic E-state index is 6.15. The number of piperazine rings is 1. The first-order valence-electron chi connectivity index (χ1n) is 10.6. The van der Waals surface area contributed by atoms with E-state index in [2.05, 4.69) is 58.2 Å². The van der Waals surface area contributed by atoms with Crippen molar-refractivity contribution in [2.45, 2.75) is 26.2 Å². The van der Waals surface area contributed by atoms with Crippen LogP contribution < -0.4 is 25.4 Å². The van der Waals surface area contributed by atoms with Crippen LogP contribution in [0.5, 0.6) is 11.5 Å². The van der Waals surface area contributed by atoms with Gasteiger partial charge in [-0.3, -0.25) is 4.90 Å². The second kappa shape index (κ2) is 8.28. The zero-order chi connectivity index (χ0) is 21.4. The van der Waals surface area contributed by atoms with Crippen molar-refractivity contribution in [2.24, 2.45) is 0 Å². The number of nitrogens with zero attached hydrogens (tertiary/aromatic N) is 3. The molecular formula is C23H27N5O2S. The van der Waals surface area contributed by atoms with Crippen LogP contribution in [0.1, 0.15) is 25.0 Å². The molecule has 7 nitrogen and oxygen atoms in total. The van der Waals surface area contributed by atoms with Gasteiger partial charge in [-0.05, 0) is 50.2 Å². The maximum absolute atomic E-state index is 6.15. The SMILES string of the molecule is CC(C)N1CCN(c2ccc(Nc3nc(N)c(C4Oc5ccccc5O4)s3)cc2)CC1. The molecule has 2 aliphatic heterocycles. The Morgan fingerprint density at radius 3 is 2.26 bits per heavy atom. The smallest absolute Gasteiger partial charge is 0.280 e. The molecule has 3 N–H and O–H groups in total. The lowest BCUT2D eigenvalue weighted by Gasteiger charge is -2.38. The number of nitrogens with two attached hydrogens (primary N) is 1. The summed E-state index contributed by atoms with van der Waals surface area (Å²) in [5, 5.41) is 4.07. The first-order chi connectivity index (χ1) is 15.1. The molecule has 0 bridgehead atoms. The summed E-state index contributed by atoms with van der Waals surface area (Å²) in [4.78, 5) is 10.2. The number of thiazole rings is 1. The van der Waals surface area contributed by atoms with Crippen LogP contribution in [0.3, 0.4) is 0 Å². The Balaban J connectivity index is 1.23. The zero-order valence-corrected chi connectivity index (χ0v) is 18.6. The summed E-state index contributed by atoms with van der Waals surface area (Å²) in [6.07, 6.45) is -0.558. The number of hydrogen-bond acceptors (Lipinski definition) is 8. The highest BCUT2D eigenvalue weighted by atomic mass is 32.1. The van der Waals surface area contributed by atoms with Gasteiger partial charge in [0.2, 0.25) is 0 Å². The summed E-state index contributed by atoms with van der Waals surface area (Å²) in [6, 6.07) is 16.7. The van der Waals surface area contributed by atoms with Crippen LogP contribution in [0, 0.1) is 0 Å². The molecule has 0 saturated carbocycles. The second-order valence-corrected chi connectivity index (χ2v) is 9.10. The molecule has 0 amide bonds. The first-order valence-corrected chi connectivity index (χ1v) is 11.4. The lowest BCUT2D eigenvalue weighted by Crippen LogP contribution is -2.48. The summed E-state index contributed by atoms with van der Waals surface area (Å²) < 4.78 is 11.7. The van der Waals surface area contributed by atoms with Crippen LogP contribution in [-0.4, -0.2) is 42.1 Å². The topological polar surface area (TPSA) is 75.9 Å². The van der Waals surface area contributed by atoms with Crippen molar-refractivity contribution < 1.29 is 9.47 Å². The highest BCUT2D eigenvalue weighted by Gasteiger charge is 2.30. The van der Waals surface area contributed by atoms with Gasteiger partial charge < -0.3 is 25.4 Å². The fourth-order valence-electron chi connectivity index (χ4n) is 3.95. The van der Waals surface area contributed by atoms with E-state index in [-0.39, 0.29) is 0 Å². The largest absolute Gasteiger partial charge is 0.446 e. The highest BCUT2D eigenvalue weighted by molar-refractivity contribution is 7.16. The lowest BCUT2D eigenvalue weighted by atomic mass is 10.2. The fraction of sp³-hybridized carbons (Fsp3) is 0.348. The van der Waals surface area contributed by atoms with Crippen molar-refractivity contribution in [3.8, 4) is 11.5 Å². The summed E-state index contributed by atoms with van der Waals surface area (Å²) >= 11 is 1.44. The average molecular weight is 438 g/mol. The summed E-state index contributed by atoms with van der Waals surface area (Å²) in [7, 11) is 0. The Morgan fingerprint density at radius 1 is 1.00 bits per heavy atom. The average Bonchev–Trinajstić information content (AvgIpc) is 3.37. The van der Waals surface area contributed by atoms with Crippen LogP contribution in [0.4, 0.5) is 22.3 Å². The van der Waals surface area contributed by atoms with Crippen molar-refractivity contribution in [2.75, 3.05) is 42.1 Å². The van der Waals surface area contributed by atoms with Crippen LogP contribution in [0.15, 0.2) is 48.5 Å². The van der Waals surface area contributed by atoms with E-state index >= 15 is 0 Å². The normalized spacial score (nSPS) is 16.8. The molecule has 1 fully saturated rings. The number of ether oxygens (including phenoxy) is 2. The van der Waals surface area contributed by atoms with E-state index in [4.69, 9.17) is 15.2 Å². The van der Waals surface area contributed by atoms with Gasteiger partial charge in [0, 0.05) is 43.6 Å². The van der Waals surface area contributed by atoms with E-state index in [9.17, 15) is 0 Å². The quantitative estimate of drug-likeness (QED) is 0.610. The van der Waals surface area contributed by atoms with Gasteiger partial charge in [0.15, 0.2) is 16.6 Å². The van der Waals surface area contributed by atoms with Gasteiger partial charge in [0.25, 0.3) is 6.29 Å².